The van der Waals surface area contributed by atoms with Gasteiger partial charge in [0.1, 0.15) is 23.2 Å². The zero-order chi connectivity index (χ0) is 14.1. The van der Waals surface area contributed by atoms with Crippen molar-refractivity contribution in [1.29, 1.82) is 0 Å². The highest BCUT2D eigenvalue weighted by Gasteiger charge is 2.37. The van der Waals surface area contributed by atoms with Gasteiger partial charge in [-0.2, -0.15) is 0 Å². The van der Waals surface area contributed by atoms with Gasteiger partial charge in [-0.15, -0.1) is 0 Å². The number of carbonyl (C=O) groups is 1. The van der Waals surface area contributed by atoms with E-state index in [-0.39, 0.29) is 23.8 Å². The number of pyridine rings is 1. The Balaban J connectivity index is 1.75. The summed E-state index contributed by atoms with van der Waals surface area (Å²) in [6.45, 7) is 0. The van der Waals surface area contributed by atoms with Crippen LogP contribution in [-0.2, 0) is 9.53 Å². The fourth-order valence-corrected chi connectivity index (χ4v) is 2.40. The van der Waals surface area contributed by atoms with Gasteiger partial charge in [-0.1, -0.05) is 12.1 Å². The van der Waals surface area contributed by atoms with Crippen LogP contribution in [0.3, 0.4) is 0 Å². The van der Waals surface area contributed by atoms with Gasteiger partial charge in [0.05, 0.1) is 19.2 Å². The number of aromatic nitrogens is 1. The van der Waals surface area contributed by atoms with E-state index >= 15 is 0 Å². The number of halogens is 1. The van der Waals surface area contributed by atoms with Crippen LogP contribution in [0.25, 0.3) is 10.9 Å². The normalized spacial score (nSPS) is 21.3. The highest BCUT2D eigenvalue weighted by atomic mass is 19.1. The molecule has 0 unspecified atom stereocenters. The number of hydrogen-bond acceptors (Lipinski definition) is 4. The predicted octanol–water partition coefficient (Wildman–Crippen LogP) is 2.70. The second-order valence-corrected chi connectivity index (χ2v) is 4.91. The molecule has 1 aliphatic rings. The van der Waals surface area contributed by atoms with E-state index in [1.54, 1.807) is 18.2 Å². The van der Waals surface area contributed by atoms with Crippen molar-refractivity contribution in [3.05, 3.63) is 36.3 Å². The standard InChI is InChI=1S/C15H14FNO3/c1-19-15(18)10-6-12(7-10)20-13-4-2-3-9-5-11(16)8-17-14(9)13/h2-5,8,10,12H,6-7H2,1H3/t10-,12-. The first-order valence-electron chi connectivity index (χ1n) is 6.46. The number of hydrogen-bond donors (Lipinski definition) is 0. The van der Waals surface area contributed by atoms with Crippen LogP contribution in [0.15, 0.2) is 30.5 Å². The lowest BCUT2D eigenvalue weighted by Gasteiger charge is -2.33. The highest BCUT2D eigenvalue weighted by Crippen LogP contribution is 2.34. The van der Waals surface area contributed by atoms with Gasteiger partial charge >= 0.3 is 5.97 Å². The molecule has 0 saturated heterocycles. The third-order valence-corrected chi connectivity index (χ3v) is 3.56. The molecule has 104 valence electrons. The molecule has 2 aromatic rings. The van der Waals surface area contributed by atoms with Gasteiger partial charge in [0, 0.05) is 5.39 Å². The Bertz CT molecular complexity index is 653. The summed E-state index contributed by atoms with van der Waals surface area (Å²) in [5.41, 5.74) is 0.635. The minimum atomic E-state index is -0.371. The molecule has 5 heteroatoms. The molecule has 0 radical (unpaired) electrons. The number of benzene rings is 1. The third kappa shape index (κ3) is 2.31. The topological polar surface area (TPSA) is 48.4 Å². The molecule has 4 nitrogen and oxygen atoms in total. The van der Waals surface area contributed by atoms with Crippen molar-refractivity contribution in [3.8, 4) is 5.75 Å². The molecule has 0 amide bonds. The molecular weight excluding hydrogens is 261 g/mol. The molecule has 1 aromatic heterocycles. The molecule has 1 aliphatic carbocycles. The minimum Gasteiger partial charge on any atom is -0.488 e. The zero-order valence-electron chi connectivity index (χ0n) is 11.0. The predicted molar refractivity (Wildman–Crippen MR) is 70.9 cm³/mol. The fourth-order valence-electron chi connectivity index (χ4n) is 2.40. The molecular formula is C15H14FNO3. The van der Waals surface area contributed by atoms with Gasteiger partial charge in [0.2, 0.25) is 0 Å². The van der Waals surface area contributed by atoms with Crippen LogP contribution in [0.4, 0.5) is 4.39 Å². The van der Waals surface area contributed by atoms with Gasteiger partial charge in [-0.05, 0) is 25.0 Å². The van der Waals surface area contributed by atoms with E-state index in [2.05, 4.69) is 9.72 Å². The number of ether oxygens (including phenoxy) is 2. The first-order chi connectivity index (χ1) is 9.67. The minimum absolute atomic E-state index is 0.0171. The Morgan fingerprint density at radius 2 is 2.20 bits per heavy atom. The van der Waals surface area contributed by atoms with Crippen LogP contribution in [0, 0.1) is 11.7 Å². The van der Waals surface area contributed by atoms with E-state index in [0.717, 1.165) is 0 Å². The summed E-state index contributed by atoms with van der Waals surface area (Å²) < 4.78 is 23.7. The summed E-state index contributed by atoms with van der Waals surface area (Å²) in [4.78, 5) is 15.4. The molecule has 1 heterocycles. The Hall–Kier alpha value is -2.17. The number of para-hydroxylation sites is 1. The average molecular weight is 275 g/mol. The number of esters is 1. The van der Waals surface area contributed by atoms with Crippen molar-refractivity contribution < 1.29 is 18.7 Å². The molecule has 1 fully saturated rings. The smallest absolute Gasteiger partial charge is 0.308 e. The quantitative estimate of drug-likeness (QED) is 0.808. The van der Waals surface area contributed by atoms with Crippen molar-refractivity contribution in [3.63, 3.8) is 0 Å². The number of nitrogens with zero attached hydrogens (tertiary/aromatic N) is 1. The van der Waals surface area contributed by atoms with E-state index < -0.39 is 0 Å². The molecule has 0 aliphatic heterocycles. The van der Waals surface area contributed by atoms with Crippen LogP contribution >= 0.6 is 0 Å². The second kappa shape index (κ2) is 5.07. The summed E-state index contributed by atoms with van der Waals surface area (Å²) in [7, 11) is 1.39. The lowest BCUT2D eigenvalue weighted by molar-refractivity contribution is -0.151. The van der Waals surface area contributed by atoms with Crippen LogP contribution < -0.4 is 4.74 Å². The Kier molecular flexibility index (Phi) is 3.26. The maximum Gasteiger partial charge on any atom is 0.308 e. The summed E-state index contributed by atoms with van der Waals surface area (Å²) in [5, 5.41) is 0.700. The van der Waals surface area contributed by atoms with E-state index in [1.807, 2.05) is 0 Å². The average Bonchev–Trinajstić information content (AvgIpc) is 2.41. The summed E-state index contributed by atoms with van der Waals surface area (Å²) in [6, 6.07) is 6.82. The maximum absolute atomic E-state index is 13.1. The van der Waals surface area contributed by atoms with E-state index in [0.29, 0.717) is 29.5 Å². The van der Waals surface area contributed by atoms with Crippen molar-refractivity contribution in [1.82, 2.24) is 4.98 Å². The highest BCUT2D eigenvalue weighted by molar-refractivity contribution is 5.84. The monoisotopic (exact) mass is 275 g/mol. The lowest BCUT2D eigenvalue weighted by atomic mass is 9.82. The third-order valence-electron chi connectivity index (χ3n) is 3.56. The zero-order valence-corrected chi connectivity index (χ0v) is 11.0. The summed E-state index contributed by atoms with van der Waals surface area (Å²) >= 11 is 0. The van der Waals surface area contributed by atoms with E-state index in [1.165, 1.54) is 19.4 Å². The van der Waals surface area contributed by atoms with Crippen molar-refractivity contribution in [2.75, 3.05) is 7.11 Å². The SMILES string of the molecule is COC(=O)[C@H]1C[C@H](Oc2cccc3cc(F)cnc23)C1. The number of carbonyl (C=O) groups excluding carboxylic acids is 1. The van der Waals surface area contributed by atoms with Crippen molar-refractivity contribution >= 4 is 16.9 Å². The Morgan fingerprint density at radius 1 is 1.40 bits per heavy atom. The second-order valence-electron chi connectivity index (χ2n) is 4.91. The number of fused-ring (bicyclic) bond motifs is 1. The van der Waals surface area contributed by atoms with Crippen LogP contribution in [0.5, 0.6) is 5.75 Å². The summed E-state index contributed by atoms with van der Waals surface area (Å²) in [5.74, 6) is -0.0202. The van der Waals surface area contributed by atoms with Crippen LogP contribution in [0.1, 0.15) is 12.8 Å². The van der Waals surface area contributed by atoms with E-state index in [9.17, 15) is 9.18 Å². The number of methoxy groups -OCH3 is 1. The molecule has 0 bridgehead atoms. The van der Waals surface area contributed by atoms with Crippen molar-refractivity contribution in [2.45, 2.75) is 18.9 Å². The summed E-state index contributed by atoms with van der Waals surface area (Å²) in [6.07, 6.45) is 2.44. The largest absolute Gasteiger partial charge is 0.488 e. The van der Waals surface area contributed by atoms with Crippen molar-refractivity contribution in [2.24, 2.45) is 5.92 Å². The van der Waals surface area contributed by atoms with Gasteiger partial charge in [0.25, 0.3) is 0 Å². The molecule has 0 spiro atoms. The van der Waals surface area contributed by atoms with Gasteiger partial charge in [-0.3, -0.25) is 4.79 Å². The van der Waals surface area contributed by atoms with Crippen LogP contribution in [-0.4, -0.2) is 24.2 Å². The van der Waals surface area contributed by atoms with Gasteiger partial charge in [-0.25, -0.2) is 9.37 Å². The first kappa shape index (κ1) is 12.8. The first-order valence-corrected chi connectivity index (χ1v) is 6.46. The fraction of sp³-hybridized carbons (Fsp3) is 0.333. The Labute approximate surface area is 115 Å². The van der Waals surface area contributed by atoms with Gasteiger partial charge in [0.15, 0.2) is 0 Å². The molecule has 3 rings (SSSR count). The Morgan fingerprint density at radius 3 is 2.95 bits per heavy atom. The molecule has 20 heavy (non-hydrogen) atoms. The maximum atomic E-state index is 13.1. The van der Waals surface area contributed by atoms with Gasteiger partial charge < -0.3 is 9.47 Å². The van der Waals surface area contributed by atoms with Crippen LogP contribution in [0.2, 0.25) is 0 Å². The lowest BCUT2D eigenvalue weighted by Crippen LogP contribution is -2.38. The van der Waals surface area contributed by atoms with E-state index in [4.69, 9.17) is 4.74 Å². The molecule has 0 N–H and O–H groups in total. The molecule has 1 aromatic carbocycles. The molecule has 0 atom stereocenters. The number of rotatable bonds is 3. The molecule has 1 saturated carbocycles.